The molecule has 0 bridgehead atoms. The highest BCUT2D eigenvalue weighted by molar-refractivity contribution is 6.59. The number of carbonyl (C=O) groups is 1. The number of carbonyl (C=O) groups excluding carboxylic acids is 1. The summed E-state index contributed by atoms with van der Waals surface area (Å²) in [4.78, 5) is 15.0. The van der Waals surface area contributed by atoms with E-state index in [-0.39, 0.29) is 11.8 Å². The summed E-state index contributed by atoms with van der Waals surface area (Å²) in [6.07, 6.45) is 2.42. The Labute approximate surface area is 173 Å². The Morgan fingerprint density at radius 3 is 2.55 bits per heavy atom. The van der Waals surface area contributed by atoms with E-state index in [4.69, 9.17) is 5.73 Å². The summed E-state index contributed by atoms with van der Waals surface area (Å²) in [5.41, 5.74) is 10.6. The van der Waals surface area contributed by atoms with Crippen LogP contribution in [0.3, 0.4) is 0 Å². The Morgan fingerprint density at radius 2 is 1.90 bits per heavy atom. The predicted octanol–water partition coefficient (Wildman–Crippen LogP) is 1.72. The largest absolute Gasteiger partial charge is 0.488 e. The molecule has 3 rings (SSSR count). The van der Waals surface area contributed by atoms with E-state index in [0.29, 0.717) is 24.3 Å². The number of nitrogens with two attached hydrogens (primary N) is 1. The molecule has 0 radical (unpaired) electrons. The maximum absolute atomic E-state index is 13.0. The number of aryl methyl sites for hydroxylation is 1. The average Bonchev–Trinajstić information content (AvgIpc) is 2.74. The van der Waals surface area contributed by atoms with E-state index in [1.54, 1.807) is 6.07 Å². The summed E-state index contributed by atoms with van der Waals surface area (Å²) < 4.78 is 0. The number of likely N-dealkylation sites (tertiary alicyclic amines) is 1. The molecule has 1 atom stereocenters. The molecule has 0 aliphatic carbocycles. The van der Waals surface area contributed by atoms with E-state index in [9.17, 15) is 14.8 Å². The van der Waals surface area contributed by atoms with Crippen molar-refractivity contribution < 1.29 is 14.8 Å². The summed E-state index contributed by atoms with van der Waals surface area (Å²) in [6, 6.07) is 13.9. The zero-order chi connectivity index (χ0) is 21.0. The van der Waals surface area contributed by atoms with Crippen LogP contribution < -0.4 is 11.2 Å². The lowest BCUT2D eigenvalue weighted by Gasteiger charge is -2.34. The summed E-state index contributed by atoms with van der Waals surface area (Å²) >= 11 is 0. The molecule has 2 aromatic rings. The third kappa shape index (κ3) is 5.07. The maximum atomic E-state index is 13.0. The molecule has 0 spiro atoms. The molecule has 1 aliphatic heterocycles. The molecular formula is C23H31BN2O3. The van der Waals surface area contributed by atoms with Crippen LogP contribution in [0, 0.1) is 12.8 Å². The highest BCUT2D eigenvalue weighted by Crippen LogP contribution is 2.29. The van der Waals surface area contributed by atoms with Crippen molar-refractivity contribution in [3.63, 3.8) is 0 Å². The summed E-state index contributed by atoms with van der Waals surface area (Å²) in [5, 5.41) is 19.3. The molecule has 1 amide bonds. The number of amides is 1. The zero-order valence-corrected chi connectivity index (χ0v) is 17.3. The monoisotopic (exact) mass is 394 g/mol. The molecule has 2 aromatic carbocycles. The van der Waals surface area contributed by atoms with E-state index in [1.807, 2.05) is 36.9 Å². The van der Waals surface area contributed by atoms with Gasteiger partial charge >= 0.3 is 7.12 Å². The molecule has 1 saturated heterocycles. The molecular weight excluding hydrogens is 363 g/mol. The van der Waals surface area contributed by atoms with Gasteiger partial charge in [-0.25, -0.2) is 0 Å². The van der Waals surface area contributed by atoms with Crippen molar-refractivity contribution in [3.8, 4) is 0 Å². The second-order valence-corrected chi connectivity index (χ2v) is 8.17. The van der Waals surface area contributed by atoms with Gasteiger partial charge in [0.15, 0.2) is 0 Å². The highest BCUT2D eigenvalue weighted by atomic mass is 16.4. The number of piperidine rings is 1. The normalized spacial score (nSPS) is 16.0. The molecule has 6 heteroatoms. The van der Waals surface area contributed by atoms with Gasteiger partial charge in [0.2, 0.25) is 5.91 Å². The fourth-order valence-corrected chi connectivity index (χ4v) is 4.36. The molecule has 0 saturated carbocycles. The second-order valence-electron chi connectivity index (χ2n) is 8.17. The van der Waals surface area contributed by atoms with Gasteiger partial charge in [-0.15, -0.1) is 0 Å². The van der Waals surface area contributed by atoms with Crippen molar-refractivity contribution in [1.29, 1.82) is 0 Å². The van der Waals surface area contributed by atoms with Gasteiger partial charge < -0.3 is 20.7 Å². The molecule has 1 aliphatic rings. The van der Waals surface area contributed by atoms with Crippen molar-refractivity contribution in [1.82, 2.24) is 4.90 Å². The van der Waals surface area contributed by atoms with Crippen LogP contribution >= 0.6 is 0 Å². The van der Waals surface area contributed by atoms with Crippen LogP contribution in [0.1, 0.15) is 47.9 Å². The van der Waals surface area contributed by atoms with E-state index >= 15 is 0 Å². The number of nitrogens with zero attached hydrogens (tertiary/aromatic N) is 1. The number of rotatable bonds is 6. The van der Waals surface area contributed by atoms with Crippen LogP contribution in [-0.4, -0.2) is 41.1 Å². The topological polar surface area (TPSA) is 86.8 Å². The lowest BCUT2D eigenvalue weighted by molar-refractivity contribution is -0.136. The van der Waals surface area contributed by atoms with Gasteiger partial charge in [-0.05, 0) is 59.8 Å². The summed E-state index contributed by atoms with van der Waals surface area (Å²) in [5.74, 6) is 0.403. The molecule has 0 aromatic heterocycles. The second kappa shape index (κ2) is 9.57. The van der Waals surface area contributed by atoms with Gasteiger partial charge in [0.05, 0.1) is 0 Å². The van der Waals surface area contributed by atoms with Gasteiger partial charge in [-0.3, -0.25) is 4.79 Å². The molecule has 29 heavy (non-hydrogen) atoms. The van der Waals surface area contributed by atoms with Crippen LogP contribution in [0.25, 0.3) is 0 Å². The van der Waals surface area contributed by atoms with E-state index < -0.39 is 7.12 Å². The van der Waals surface area contributed by atoms with Crippen LogP contribution in [0.5, 0.6) is 0 Å². The van der Waals surface area contributed by atoms with Crippen LogP contribution in [-0.2, 0) is 17.8 Å². The van der Waals surface area contributed by atoms with Crippen molar-refractivity contribution >= 4 is 18.5 Å². The fraction of sp³-hybridized carbons (Fsp3) is 0.435. The molecule has 4 N–H and O–H groups in total. The maximum Gasteiger partial charge on any atom is 0.488 e. The zero-order valence-electron chi connectivity index (χ0n) is 17.3. The standard InChI is InChI=1S/C23H31BN2O3/c1-16-5-3-8-22(24(28)29)21(16)13-17(2)23(27)26-11-9-19(10-12-26)20-7-4-6-18(14-20)15-25/h3-8,14,17,19,28-29H,9-13,15,25H2,1-2H3. The van der Waals surface area contributed by atoms with Crippen LogP contribution in [0.2, 0.25) is 0 Å². The van der Waals surface area contributed by atoms with Crippen molar-refractivity contribution in [2.75, 3.05) is 13.1 Å². The number of hydrogen-bond donors (Lipinski definition) is 3. The summed E-state index contributed by atoms with van der Waals surface area (Å²) in [6.45, 7) is 5.93. The Bertz CT molecular complexity index is 848. The molecule has 1 unspecified atom stereocenters. The lowest BCUT2D eigenvalue weighted by atomic mass is 9.74. The molecule has 1 fully saturated rings. The van der Waals surface area contributed by atoms with Gasteiger partial charge in [-0.1, -0.05) is 49.4 Å². The Kier molecular flexibility index (Phi) is 7.11. The predicted molar refractivity (Wildman–Crippen MR) is 117 cm³/mol. The van der Waals surface area contributed by atoms with Gasteiger partial charge in [0, 0.05) is 25.6 Å². The number of benzene rings is 2. The van der Waals surface area contributed by atoms with Crippen LogP contribution in [0.4, 0.5) is 0 Å². The minimum atomic E-state index is -1.52. The Hall–Kier alpha value is -2.15. The van der Waals surface area contributed by atoms with Gasteiger partial charge in [0.25, 0.3) is 0 Å². The highest BCUT2D eigenvalue weighted by Gasteiger charge is 2.28. The molecule has 154 valence electrons. The Balaban J connectivity index is 1.62. The lowest BCUT2D eigenvalue weighted by Crippen LogP contribution is -2.42. The fourth-order valence-electron chi connectivity index (χ4n) is 4.36. The SMILES string of the molecule is Cc1cccc(B(O)O)c1CC(C)C(=O)N1CCC(c2cccc(CN)c2)CC1. The first kappa shape index (κ1) is 21.6. The van der Waals surface area contributed by atoms with E-state index in [2.05, 4.69) is 18.2 Å². The number of hydrogen-bond acceptors (Lipinski definition) is 4. The smallest absolute Gasteiger partial charge is 0.423 e. The molecule has 5 nitrogen and oxygen atoms in total. The quantitative estimate of drug-likeness (QED) is 0.652. The Morgan fingerprint density at radius 1 is 1.21 bits per heavy atom. The van der Waals surface area contributed by atoms with Gasteiger partial charge in [0.1, 0.15) is 0 Å². The average molecular weight is 394 g/mol. The third-order valence-electron chi connectivity index (χ3n) is 6.12. The van der Waals surface area contributed by atoms with Gasteiger partial charge in [-0.2, -0.15) is 0 Å². The minimum absolute atomic E-state index is 0.140. The minimum Gasteiger partial charge on any atom is -0.423 e. The van der Waals surface area contributed by atoms with Crippen molar-refractivity contribution in [2.45, 2.75) is 45.6 Å². The third-order valence-corrected chi connectivity index (χ3v) is 6.12. The van der Waals surface area contributed by atoms with Crippen LogP contribution in [0.15, 0.2) is 42.5 Å². The first-order valence-electron chi connectivity index (χ1n) is 10.4. The van der Waals surface area contributed by atoms with E-state index in [1.165, 1.54) is 5.56 Å². The first-order chi connectivity index (χ1) is 13.9. The molecule has 1 heterocycles. The van der Waals surface area contributed by atoms with Crippen molar-refractivity contribution in [2.24, 2.45) is 11.7 Å². The van der Waals surface area contributed by atoms with Crippen molar-refractivity contribution in [3.05, 3.63) is 64.7 Å². The van der Waals surface area contributed by atoms with E-state index in [0.717, 1.165) is 42.6 Å². The first-order valence-corrected chi connectivity index (χ1v) is 10.4. The summed E-state index contributed by atoms with van der Waals surface area (Å²) in [7, 11) is -1.52.